The van der Waals surface area contributed by atoms with Crippen LogP contribution in [0.2, 0.25) is 5.15 Å². The summed E-state index contributed by atoms with van der Waals surface area (Å²) in [5.41, 5.74) is 0. The van der Waals surface area contributed by atoms with Gasteiger partial charge in [0.1, 0.15) is 0 Å². The molecule has 1 aliphatic heterocycles. The Kier molecular flexibility index (Phi) is 4.18. The summed E-state index contributed by atoms with van der Waals surface area (Å²) in [6, 6.07) is 0.678. The Morgan fingerprint density at radius 3 is 2.94 bits per heavy atom. The quantitative estimate of drug-likeness (QED) is 0.809. The molecule has 1 aliphatic rings. The summed E-state index contributed by atoms with van der Waals surface area (Å²) in [7, 11) is 0. The zero-order chi connectivity index (χ0) is 12.3. The van der Waals surface area contributed by atoms with Crippen molar-refractivity contribution in [1.29, 1.82) is 0 Å². The molecule has 0 radical (unpaired) electrons. The van der Waals surface area contributed by atoms with Gasteiger partial charge in [-0.3, -0.25) is 9.88 Å². The number of ether oxygens (including phenoxy) is 1. The number of hydrogen-bond acceptors (Lipinski definition) is 4. The van der Waals surface area contributed by atoms with E-state index in [1.165, 1.54) is 12.6 Å². The first kappa shape index (κ1) is 12.6. The molecule has 17 heavy (non-hydrogen) atoms. The average molecular weight is 256 g/mol. The molecule has 0 bridgehead atoms. The lowest BCUT2D eigenvalue weighted by Crippen LogP contribution is -2.52. The van der Waals surface area contributed by atoms with Crippen molar-refractivity contribution in [2.75, 3.05) is 19.7 Å². The van der Waals surface area contributed by atoms with Crippen LogP contribution in [0.4, 0.5) is 0 Å². The first-order valence-corrected chi connectivity index (χ1v) is 6.41. The summed E-state index contributed by atoms with van der Waals surface area (Å²) in [5.74, 6) is 1.12. The normalized spacial score (nSPS) is 18.8. The van der Waals surface area contributed by atoms with Gasteiger partial charge in [0, 0.05) is 25.0 Å². The van der Waals surface area contributed by atoms with Gasteiger partial charge in [-0.25, -0.2) is 0 Å². The van der Waals surface area contributed by atoms with Gasteiger partial charge in [-0.2, -0.15) is 4.98 Å². The summed E-state index contributed by atoms with van der Waals surface area (Å²) >= 11 is 5.73. The highest BCUT2D eigenvalue weighted by Gasteiger charge is 2.29. The van der Waals surface area contributed by atoms with Crippen LogP contribution in [0.3, 0.4) is 0 Å². The van der Waals surface area contributed by atoms with Gasteiger partial charge in [-0.1, -0.05) is 18.5 Å². The predicted molar refractivity (Wildman–Crippen MR) is 67.4 cm³/mol. The van der Waals surface area contributed by atoms with E-state index in [4.69, 9.17) is 16.3 Å². The van der Waals surface area contributed by atoms with Crippen molar-refractivity contribution in [1.82, 2.24) is 14.9 Å². The Bertz CT molecular complexity index is 369. The number of halogens is 1. The smallest absolute Gasteiger partial charge is 0.233 e. The highest BCUT2D eigenvalue weighted by Crippen LogP contribution is 2.21. The van der Waals surface area contributed by atoms with Crippen molar-refractivity contribution < 1.29 is 4.74 Å². The molecule has 0 amide bonds. The first-order chi connectivity index (χ1) is 8.19. The molecule has 5 heteroatoms. The fourth-order valence-corrected chi connectivity index (χ4v) is 2.07. The third-order valence-electron chi connectivity index (χ3n) is 3.25. The Balaban J connectivity index is 1.71. The van der Waals surface area contributed by atoms with Crippen LogP contribution >= 0.6 is 11.6 Å². The van der Waals surface area contributed by atoms with E-state index in [0.29, 0.717) is 29.6 Å². The standard InChI is InChI=1S/C12H18ClN3O/c1-3-9(2)16-6-10(7-16)8-17-12-5-14-4-11(13)15-12/h4-5,9-10H,3,6-8H2,1-2H3. The van der Waals surface area contributed by atoms with Crippen molar-refractivity contribution >= 4 is 11.6 Å². The maximum Gasteiger partial charge on any atom is 0.233 e. The highest BCUT2D eigenvalue weighted by atomic mass is 35.5. The van der Waals surface area contributed by atoms with Crippen LogP contribution < -0.4 is 4.74 Å². The molecular weight excluding hydrogens is 238 g/mol. The minimum atomic E-state index is 0.373. The van der Waals surface area contributed by atoms with E-state index in [1.807, 2.05) is 0 Å². The molecule has 0 spiro atoms. The second kappa shape index (κ2) is 5.65. The fraction of sp³-hybridized carbons (Fsp3) is 0.667. The van der Waals surface area contributed by atoms with Crippen LogP contribution in [0.1, 0.15) is 20.3 Å². The zero-order valence-corrected chi connectivity index (χ0v) is 11.0. The van der Waals surface area contributed by atoms with Crippen molar-refractivity contribution in [3.8, 4) is 5.88 Å². The van der Waals surface area contributed by atoms with Gasteiger partial charge in [-0.05, 0) is 13.3 Å². The lowest BCUT2D eigenvalue weighted by molar-refractivity contribution is 0.0293. The van der Waals surface area contributed by atoms with E-state index >= 15 is 0 Å². The molecule has 4 nitrogen and oxygen atoms in total. The summed E-state index contributed by atoms with van der Waals surface area (Å²) in [6.45, 7) is 7.41. The summed E-state index contributed by atoms with van der Waals surface area (Å²) in [4.78, 5) is 10.4. The van der Waals surface area contributed by atoms with E-state index in [-0.39, 0.29) is 0 Å². The summed E-state index contributed by atoms with van der Waals surface area (Å²) in [6.07, 6.45) is 4.30. The Hall–Kier alpha value is -0.870. The molecule has 1 atom stereocenters. The second-order valence-electron chi connectivity index (χ2n) is 4.57. The summed E-state index contributed by atoms with van der Waals surface area (Å²) < 4.78 is 5.57. The van der Waals surface area contributed by atoms with E-state index in [0.717, 1.165) is 13.1 Å². The minimum absolute atomic E-state index is 0.373. The van der Waals surface area contributed by atoms with Gasteiger partial charge < -0.3 is 4.74 Å². The third kappa shape index (κ3) is 3.30. The number of likely N-dealkylation sites (tertiary alicyclic amines) is 1. The lowest BCUT2D eigenvalue weighted by atomic mass is 9.98. The molecule has 0 aromatic carbocycles. The molecule has 1 fully saturated rings. The average Bonchev–Trinajstić information content (AvgIpc) is 2.26. The second-order valence-corrected chi connectivity index (χ2v) is 4.96. The molecule has 0 saturated carbocycles. The topological polar surface area (TPSA) is 38.2 Å². The molecule has 1 unspecified atom stereocenters. The van der Waals surface area contributed by atoms with Crippen molar-refractivity contribution in [2.45, 2.75) is 26.3 Å². The van der Waals surface area contributed by atoms with Gasteiger partial charge in [0.15, 0.2) is 5.15 Å². The monoisotopic (exact) mass is 255 g/mol. The molecule has 0 aliphatic carbocycles. The van der Waals surface area contributed by atoms with Gasteiger partial charge in [0.25, 0.3) is 0 Å². The van der Waals surface area contributed by atoms with Crippen LogP contribution in [0, 0.1) is 5.92 Å². The van der Waals surface area contributed by atoms with Crippen LogP contribution in [0.5, 0.6) is 5.88 Å². The molecule has 1 aromatic rings. The molecule has 2 heterocycles. The first-order valence-electron chi connectivity index (χ1n) is 6.03. The van der Waals surface area contributed by atoms with E-state index < -0.39 is 0 Å². The molecular formula is C12H18ClN3O. The number of aromatic nitrogens is 2. The predicted octanol–water partition coefficient (Wildman–Crippen LogP) is 2.24. The Morgan fingerprint density at radius 1 is 1.53 bits per heavy atom. The maximum absolute atomic E-state index is 5.73. The largest absolute Gasteiger partial charge is 0.476 e. The molecule has 2 rings (SSSR count). The zero-order valence-electron chi connectivity index (χ0n) is 10.3. The molecule has 94 valence electrons. The van der Waals surface area contributed by atoms with Gasteiger partial charge >= 0.3 is 0 Å². The van der Waals surface area contributed by atoms with Crippen LogP contribution in [-0.4, -0.2) is 40.6 Å². The minimum Gasteiger partial charge on any atom is -0.476 e. The van der Waals surface area contributed by atoms with Gasteiger partial charge in [0.2, 0.25) is 5.88 Å². The van der Waals surface area contributed by atoms with Crippen molar-refractivity contribution in [3.05, 3.63) is 17.5 Å². The highest BCUT2D eigenvalue weighted by molar-refractivity contribution is 6.29. The fourth-order valence-electron chi connectivity index (χ4n) is 1.93. The SMILES string of the molecule is CCC(C)N1CC(COc2cncc(Cl)n2)C1. The number of hydrogen-bond donors (Lipinski definition) is 0. The lowest BCUT2D eigenvalue weighted by Gasteiger charge is -2.42. The molecule has 1 aromatic heterocycles. The third-order valence-corrected chi connectivity index (χ3v) is 3.43. The van der Waals surface area contributed by atoms with E-state index in [9.17, 15) is 0 Å². The maximum atomic E-state index is 5.73. The van der Waals surface area contributed by atoms with Crippen molar-refractivity contribution in [2.24, 2.45) is 5.92 Å². The Morgan fingerprint density at radius 2 is 2.29 bits per heavy atom. The van der Waals surface area contributed by atoms with Gasteiger partial charge in [-0.15, -0.1) is 0 Å². The van der Waals surface area contributed by atoms with E-state index in [2.05, 4.69) is 28.7 Å². The molecule has 1 saturated heterocycles. The van der Waals surface area contributed by atoms with E-state index in [1.54, 1.807) is 6.20 Å². The molecule has 0 N–H and O–H groups in total. The number of nitrogens with zero attached hydrogens (tertiary/aromatic N) is 3. The number of rotatable bonds is 5. The van der Waals surface area contributed by atoms with Crippen molar-refractivity contribution in [3.63, 3.8) is 0 Å². The van der Waals surface area contributed by atoms with Crippen LogP contribution in [0.15, 0.2) is 12.4 Å². The van der Waals surface area contributed by atoms with Crippen LogP contribution in [0.25, 0.3) is 0 Å². The Labute approximate surface area is 107 Å². The van der Waals surface area contributed by atoms with Gasteiger partial charge in [0.05, 0.1) is 19.0 Å². The van der Waals surface area contributed by atoms with Crippen LogP contribution in [-0.2, 0) is 0 Å². The summed E-state index contributed by atoms with van der Waals surface area (Å²) in [5, 5.41) is 0.373.